The molecule has 0 aromatic rings. The van der Waals surface area contributed by atoms with Gasteiger partial charge in [-0.15, -0.1) is 0 Å². The van der Waals surface area contributed by atoms with Crippen LogP contribution in [-0.4, -0.2) is 11.1 Å². The Hall–Kier alpha value is -1.30. The SMILES string of the molecule is [CH]=C(C#N)C(=O)O. The molecular formula is C4H2NO2. The lowest BCUT2D eigenvalue weighted by Gasteiger charge is -1.76. The monoisotopic (exact) mass is 96.0 g/mol. The van der Waals surface area contributed by atoms with Crippen molar-refractivity contribution in [2.24, 2.45) is 0 Å². The van der Waals surface area contributed by atoms with E-state index < -0.39 is 11.5 Å². The lowest BCUT2D eigenvalue weighted by Crippen LogP contribution is -1.94. The van der Waals surface area contributed by atoms with Crippen LogP contribution in [-0.2, 0) is 4.79 Å². The van der Waals surface area contributed by atoms with Crippen LogP contribution >= 0.6 is 0 Å². The normalized spacial score (nSPS) is 6.71. The highest BCUT2D eigenvalue weighted by Gasteiger charge is 1.98. The van der Waals surface area contributed by atoms with Gasteiger partial charge >= 0.3 is 5.97 Å². The molecule has 0 amide bonds. The number of carboxylic acid groups (broad SMARTS) is 1. The summed E-state index contributed by atoms with van der Waals surface area (Å²) in [5.74, 6) is -1.37. The molecule has 0 saturated heterocycles. The second kappa shape index (κ2) is 1.98. The van der Waals surface area contributed by atoms with E-state index in [2.05, 4.69) is 6.58 Å². The third-order valence-corrected chi connectivity index (χ3v) is 0.351. The first-order valence-electron chi connectivity index (χ1n) is 1.44. The summed E-state index contributed by atoms with van der Waals surface area (Å²) < 4.78 is 0. The summed E-state index contributed by atoms with van der Waals surface area (Å²) in [6.07, 6.45) is 0. The Balaban J connectivity index is 3.90. The van der Waals surface area contributed by atoms with Crippen LogP contribution in [0.15, 0.2) is 5.57 Å². The van der Waals surface area contributed by atoms with Gasteiger partial charge in [-0.1, -0.05) is 0 Å². The van der Waals surface area contributed by atoms with Gasteiger partial charge in [-0.2, -0.15) is 5.26 Å². The Morgan fingerprint density at radius 2 is 2.29 bits per heavy atom. The number of nitriles is 1. The van der Waals surface area contributed by atoms with Gasteiger partial charge in [-0.05, 0) is 6.58 Å². The summed E-state index contributed by atoms with van der Waals surface area (Å²) in [7, 11) is 0. The number of carbonyl (C=O) groups is 1. The van der Waals surface area contributed by atoms with Crippen molar-refractivity contribution in [3.63, 3.8) is 0 Å². The maximum absolute atomic E-state index is 9.55. The molecule has 0 aromatic carbocycles. The van der Waals surface area contributed by atoms with E-state index in [1.807, 2.05) is 0 Å². The van der Waals surface area contributed by atoms with Crippen molar-refractivity contribution in [1.82, 2.24) is 0 Å². The minimum atomic E-state index is -1.37. The second-order valence-electron chi connectivity index (χ2n) is 0.831. The number of aliphatic carboxylic acids is 1. The molecule has 0 aromatic heterocycles. The predicted molar refractivity (Wildman–Crippen MR) is 21.1 cm³/mol. The van der Waals surface area contributed by atoms with Crippen molar-refractivity contribution in [2.75, 3.05) is 0 Å². The molecule has 0 aliphatic rings. The molecule has 7 heavy (non-hydrogen) atoms. The molecule has 0 saturated carbocycles. The molecule has 1 radical (unpaired) electrons. The van der Waals surface area contributed by atoms with Gasteiger partial charge in [-0.25, -0.2) is 4.79 Å². The topological polar surface area (TPSA) is 61.1 Å². The lowest BCUT2D eigenvalue weighted by molar-refractivity contribution is -0.132. The fraction of sp³-hybridized carbons (Fsp3) is 0. The van der Waals surface area contributed by atoms with Gasteiger partial charge in [0.2, 0.25) is 0 Å². The van der Waals surface area contributed by atoms with Crippen molar-refractivity contribution < 1.29 is 9.90 Å². The summed E-state index contributed by atoms with van der Waals surface area (Å²) in [5.41, 5.74) is -0.681. The number of carboxylic acids is 1. The molecule has 0 aliphatic carbocycles. The Morgan fingerprint density at radius 3 is 2.29 bits per heavy atom. The van der Waals surface area contributed by atoms with Gasteiger partial charge in [0.25, 0.3) is 0 Å². The van der Waals surface area contributed by atoms with Crippen molar-refractivity contribution >= 4 is 5.97 Å². The highest BCUT2D eigenvalue weighted by molar-refractivity contribution is 5.89. The molecule has 1 N–H and O–H groups in total. The van der Waals surface area contributed by atoms with Crippen LogP contribution < -0.4 is 0 Å². The van der Waals surface area contributed by atoms with Crippen LogP contribution in [0.1, 0.15) is 0 Å². The van der Waals surface area contributed by atoms with Gasteiger partial charge in [0.1, 0.15) is 11.6 Å². The van der Waals surface area contributed by atoms with Crippen molar-refractivity contribution in [3.8, 4) is 6.07 Å². The van der Waals surface area contributed by atoms with E-state index in [1.54, 1.807) is 0 Å². The third kappa shape index (κ3) is 1.55. The van der Waals surface area contributed by atoms with Crippen LogP contribution in [0.4, 0.5) is 0 Å². The zero-order valence-electron chi connectivity index (χ0n) is 3.38. The van der Waals surface area contributed by atoms with Crippen LogP contribution in [0.25, 0.3) is 0 Å². The Bertz CT molecular complexity index is 142. The van der Waals surface area contributed by atoms with E-state index in [9.17, 15) is 4.79 Å². The van der Waals surface area contributed by atoms with Crippen molar-refractivity contribution in [2.45, 2.75) is 0 Å². The summed E-state index contributed by atoms with van der Waals surface area (Å²) >= 11 is 0. The van der Waals surface area contributed by atoms with E-state index in [0.29, 0.717) is 0 Å². The lowest BCUT2D eigenvalue weighted by atomic mass is 10.4. The van der Waals surface area contributed by atoms with Crippen molar-refractivity contribution in [1.29, 1.82) is 5.26 Å². The minimum absolute atomic E-state index is 0.681. The molecule has 0 bridgehead atoms. The molecule has 3 heteroatoms. The first-order valence-corrected chi connectivity index (χ1v) is 1.44. The maximum atomic E-state index is 9.55. The van der Waals surface area contributed by atoms with E-state index in [0.717, 1.165) is 0 Å². The average Bonchev–Trinajstić information content (AvgIpc) is 1.65. The predicted octanol–water partition coefficient (Wildman–Crippen LogP) is -0.0460. The zero-order chi connectivity index (χ0) is 5.86. The average molecular weight is 96.1 g/mol. The van der Waals surface area contributed by atoms with Crippen LogP contribution in [0.5, 0.6) is 0 Å². The molecule has 0 atom stereocenters. The highest BCUT2D eigenvalue weighted by atomic mass is 16.4. The fourth-order valence-corrected chi connectivity index (χ4v) is 0.0478. The zero-order valence-corrected chi connectivity index (χ0v) is 3.38. The quantitative estimate of drug-likeness (QED) is 0.368. The largest absolute Gasteiger partial charge is 0.477 e. The fourth-order valence-electron chi connectivity index (χ4n) is 0.0478. The third-order valence-electron chi connectivity index (χ3n) is 0.351. The molecule has 0 unspecified atom stereocenters. The van der Waals surface area contributed by atoms with Gasteiger partial charge < -0.3 is 5.11 Å². The van der Waals surface area contributed by atoms with Crippen LogP contribution in [0.3, 0.4) is 0 Å². The number of rotatable bonds is 1. The smallest absolute Gasteiger partial charge is 0.346 e. The maximum Gasteiger partial charge on any atom is 0.346 e. The summed E-state index contributed by atoms with van der Waals surface area (Å²) in [5, 5.41) is 15.5. The molecule has 0 spiro atoms. The molecule has 0 heterocycles. The van der Waals surface area contributed by atoms with E-state index in [1.165, 1.54) is 6.07 Å². The second-order valence-corrected chi connectivity index (χ2v) is 0.831. The van der Waals surface area contributed by atoms with Crippen LogP contribution in [0.2, 0.25) is 0 Å². The molecule has 0 fully saturated rings. The van der Waals surface area contributed by atoms with Crippen molar-refractivity contribution in [3.05, 3.63) is 12.2 Å². The first kappa shape index (κ1) is 5.70. The van der Waals surface area contributed by atoms with Gasteiger partial charge in [0, 0.05) is 0 Å². The van der Waals surface area contributed by atoms with Gasteiger partial charge in [0.05, 0.1) is 0 Å². The standard InChI is InChI=1S/C4H2NO2/c1-3(2-5)4(6)7/h1H,(H,6,7). The van der Waals surface area contributed by atoms with Gasteiger partial charge in [0.15, 0.2) is 0 Å². The molecular weight excluding hydrogens is 94.0 g/mol. The van der Waals surface area contributed by atoms with Crippen LogP contribution in [0, 0.1) is 17.9 Å². The minimum Gasteiger partial charge on any atom is -0.477 e. The Labute approximate surface area is 40.5 Å². The number of hydrogen-bond acceptors (Lipinski definition) is 2. The summed E-state index contributed by atoms with van der Waals surface area (Å²) in [6, 6.07) is 1.26. The Kier molecular flexibility index (Phi) is 1.61. The summed E-state index contributed by atoms with van der Waals surface area (Å²) in [6.45, 7) is 4.57. The first-order chi connectivity index (χ1) is 3.18. The van der Waals surface area contributed by atoms with Gasteiger partial charge in [-0.3, -0.25) is 0 Å². The molecule has 35 valence electrons. The summed E-state index contributed by atoms with van der Waals surface area (Å²) in [4.78, 5) is 9.55. The van der Waals surface area contributed by atoms with E-state index in [-0.39, 0.29) is 0 Å². The number of nitrogens with zero attached hydrogens (tertiary/aromatic N) is 1. The van der Waals surface area contributed by atoms with E-state index >= 15 is 0 Å². The molecule has 3 nitrogen and oxygen atoms in total. The number of hydrogen-bond donors (Lipinski definition) is 1. The molecule has 0 aliphatic heterocycles. The molecule has 0 rings (SSSR count). The van der Waals surface area contributed by atoms with E-state index in [4.69, 9.17) is 10.4 Å². The Morgan fingerprint density at radius 1 is 1.86 bits per heavy atom. The highest BCUT2D eigenvalue weighted by Crippen LogP contribution is 1.81.